The second kappa shape index (κ2) is 9.69. The minimum absolute atomic E-state index is 0.0675. The summed E-state index contributed by atoms with van der Waals surface area (Å²) < 4.78 is 17.9. The molecule has 0 saturated carbocycles. The first-order valence-corrected chi connectivity index (χ1v) is 9.58. The Hall–Kier alpha value is -4.27. The molecule has 9 heteroatoms. The van der Waals surface area contributed by atoms with E-state index in [9.17, 15) is 24.1 Å². The highest BCUT2D eigenvalue weighted by atomic mass is 19.1. The Kier molecular flexibility index (Phi) is 6.79. The summed E-state index contributed by atoms with van der Waals surface area (Å²) in [5.74, 6) is -1.21. The zero-order chi connectivity index (χ0) is 23.3. The summed E-state index contributed by atoms with van der Waals surface area (Å²) in [5.41, 5.74) is 1.46. The third-order valence-corrected chi connectivity index (χ3v) is 4.76. The summed E-state index contributed by atoms with van der Waals surface area (Å²) in [6.07, 6.45) is 0. The molecule has 3 aromatic rings. The minimum atomic E-state index is -0.613. The fourth-order valence-corrected chi connectivity index (χ4v) is 3.00. The van der Waals surface area contributed by atoms with Crippen LogP contribution in [-0.2, 0) is 0 Å². The van der Waals surface area contributed by atoms with E-state index in [1.807, 2.05) is 0 Å². The van der Waals surface area contributed by atoms with E-state index in [2.05, 4.69) is 10.6 Å². The molecule has 2 amide bonds. The fourth-order valence-electron chi connectivity index (χ4n) is 3.00. The quantitative estimate of drug-likeness (QED) is 0.418. The Morgan fingerprint density at radius 2 is 1.59 bits per heavy atom. The Balaban J connectivity index is 1.65. The monoisotopic (exact) mass is 437 g/mol. The van der Waals surface area contributed by atoms with Gasteiger partial charge in [-0.25, -0.2) is 4.39 Å². The van der Waals surface area contributed by atoms with Gasteiger partial charge in [-0.15, -0.1) is 0 Å². The number of ether oxygens (including phenoxy) is 1. The van der Waals surface area contributed by atoms with Crippen LogP contribution in [-0.4, -0.2) is 23.8 Å². The van der Waals surface area contributed by atoms with Gasteiger partial charge in [-0.2, -0.15) is 0 Å². The number of halogens is 1. The van der Waals surface area contributed by atoms with E-state index in [0.29, 0.717) is 11.3 Å². The maximum absolute atomic E-state index is 13.0. The van der Waals surface area contributed by atoms with Crippen molar-refractivity contribution in [2.45, 2.75) is 13.0 Å². The van der Waals surface area contributed by atoms with Crippen molar-refractivity contribution in [1.29, 1.82) is 0 Å². The van der Waals surface area contributed by atoms with Crippen LogP contribution in [0.15, 0.2) is 66.7 Å². The third-order valence-electron chi connectivity index (χ3n) is 4.76. The zero-order valence-corrected chi connectivity index (χ0v) is 17.3. The topological polar surface area (TPSA) is 111 Å². The van der Waals surface area contributed by atoms with Gasteiger partial charge < -0.3 is 15.4 Å². The van der Waals surface area contributed by atoms with Crippen molar-refractivity contribution in [2.75, 3.05) is 12.4 Å². The van der Waals surface area contributed by atoms with E-state index in [0.717, 1.165) is 11.6 Å². The Morgan fingerprint density at radius 3 is 2.19 bits per heavy atom. The number of rotatable bonds is 7. The number of methoxy groups -OCH3 is 1. The van der Waals surface area contributed by atoms with Crippen LogP contribution < -0.4 is 15.4 Å². The highest BCUT2D eigenvalue weighted by molar-refractivity contribution is 6.04. The molecule has 8 nitrogen and oxygen atoms in total. The highest BCUT2D eigenvalue weighted by Crippen LogP contribution is 2.28. The number of nitro groups is 1. The highest BCUT2D eigenvalue weighted by Gasteiger charge is 2.19. The molecule has 0 aromatic heterocycles. The van der Waals surface area contributed by atoms with Crippen molar-refractivity contribution in [3.63, 3.8) is 0 Å². The molecular weight excluding hydrogens is 417 g/mol. The molecular formula is C23H20FN3O5. The normalized spacial score (nSPS) is 11.3. The van der Waals surface area contributed by atoms with Crippen LogP contribution in [0.5, 0.6) is 5.75 Å². The lowest BCUT2D eigenvalue weighted by molar-refractivity contribution is -0.385. The molecule has 0 aliphatic rings. The fraction of sp³-hybridized carbons (Fsp3) is 0.130. The van der Waals surface area contributed by atoms with Crippen LogP contribution in [0.4, 0.5) is 15.8 Å². The van der Waals surface area contributed by atoms with Crippen LogP contribution in [0.1, 0.15) is 39.2 Å². The predicted molar refractivity (Wildman–Crippen MR) is 116 cm³/mol. The molecule has 2 N–H and O–H groups in total. The largest absolute Gasteiger partial charge is 0.490 e. The van der Waals surface area contributed by atoms with Crippen molar-refractivity contribution in [3.8, 4) is 5.75 Å². The number of anilines is 1. The number of hydrogen-bond donors (Lipinski definition) is 2. The number of benzene rings is 3. The number of nitrogens with one attached hydrogen (secondary N) is 2. The molecule has 32 heavy (non-hydrogen) atoms. The van der Waals surface area contributed by atoms with Gasteiger partial charge >= 0.3 is 5.69 Å². The second-order valence-electron chi connectivity index (χ2n) is 6.92. The number of carbonyl (C=O) groups excluding carboxylic acids is 2. The molecule has 0 radical (unpaired) electrons. The number of amides is 2. The van der Waals surface area contributed by atoms with E-state index in [1.54, 1.807) is 31.2 Å². The summed E-state index contributed by atoms with van der Waals surface area (Å²) in [4.78, 5) is 35.3. The van der Waals surface area contributed by atoms with Crippen molar-refractivity contribution in [2.24, 2.45) is 0 Å². The standard InChI is InChI=1S/C23H20FN3O5/c1-14(25-23(29)17-7-12-21(32-2)20(13-17)27(30)31)15-5-10-19(11-6-15)26-22(28)16-3-8-18(24)9-4-16/h3-14H,1-2H3,(H,25,29)(H,26,28). The summed E-state index contributed by atoms with van der Waals surface area (Å²) >= 11 is 0. The smallest absolute Gasteiger partial charge is 0.311 e. The van der Waals surface area contributed by atoms with Gasteiger partial charge in [0.05, 0.1) is 18.1 Å². The average Bonchev–Trinajstić information content (AvgIpc) is 2.79. The summed E-state index contributed by atoms with van der Waals surface area (Å²) in [5, 5.41) is 16.7. The van der Waals surface area contributed by atoms with Crippen LogP contribution >= 0.6 is 0 Å². The molecule has 0 spiro atoms. The molecule has 164 valence electrons. The van der Waals surface area contributed by atoms with Gasteiger partial charge in [0.25, 0.3) is 11.8 Å². The van der Waals surface area contributed by atoms with E-state index in [4.69, 9.17) is 4.74 Å². The van der Waals surface area contributed by atoms with E-state index in [-0.39, 0.29) is 22.9 Å². The maximum Gasteiger partial charge on any atom is 0.311 e. The Bertz CT molecular complexity index is 1150. The SMILES string of the molecule is COc1ccc(C(=O)NC(C)c2ccc(NC(=O)c3ccc(F)cc3)cc2)cc1[N+](=O)[O-]. The minimum Gasteiger partial charge on any atom is -0.490 e. The molecule has 3 rings (SSSR count). The van der Waals surface area contributed by atoms with Crippen molar-refractivity contribution < 1.29 is 23.6 Å². The second-order valence-corrected chi connectivity index (χ2v) is 6.92. The van der Waals surface area contributed by atoms with E-state index >= 15 is 0 Å². The third kappa shape index (κ3) is 5.25. The lowest BCUT2D eigenvalue weighted by Crippen LogP contribution is -2.26. The molecule has 0 aliphatic heterocycles. The molecule has 3 aromatic carbocycles. The van der Waals surface area contributed by atoms with Crippen LogP contribution in [0, 0.1) is 15.9 Å². The molecule has 1 atom stereocenters. The number of nitro benzene ring substituents is 1. The molecule has 0 aliphatic carbocycles. The Labute approximate surface area is 183 Å². The average molecular weight is 437 g/mol. The first-order chi connectivity index (χ1) is 15.3. The number of carbonyl (C=O) groups is 2. The van der Waals surface area contributed by atoms with Crippen LogP contribution in [0.2, 0.25) is 0 Å². The van der Waals surface area contributed by atoms with Gasteiger partial charge in [0.2, 0.25) is 0 Å². The maximum atomic E-state index is 13.0. The summed E-state index contributed by atoms with van der Waals surface area (Å²) in [6.45, 7) is 1.77. The van der Waals surface area contributed by atoms with Crippen molar-refractivity contribution >= 4 is 23.2 Å². The van der Waals surface area contributed by atoms with Gasteiger partial charge in [-0.05, 0) is 61.0 Å². The lowest BCUT2D eigenvalue weighted by Gasteiger charge is -2.15. The van der Waals surface area contributed by atoms with E-state index < -0.39 is 22.7 Å². The molecule has 0 saturated heterocycles. The molecule has 0 bridgehead atoms. The Morgan fingerprint density at radius 1 is 0.969 bits per heavy atom. The van der Waals surface area contributed by atoms with Crippen LogP contribution in [0.3, 0.4) is 0 Å². The lowest BCUT2D eigenvalue weighted by atomic mass is 10.1. The van der Waals surface area contributed by atoms with Crippen molar-refractivity contribution in [3.05, 3.63) is 99.4 Å². The number of nitrogens with zero attached hydrogens (tertiary/aromatic N) is 1. The summed E-state index contributed by atoms with van der Waals surface area (Å²) in [6, 6.07) is 15.6. The molecule has 1 unspecified atom stereocenters. The van der Waals surface area contributed by atoms with E-state index in [1.165, 1.54) is 43.5 Å². The molecule has 0 heterocycles. The van der Waals surface area contributed by atoms with Gasteiger partial charge in [0.1, 0.15) is 5.82 Å². The number of hydrogen-bond acceptors (Lipinski definition) is 5. The van der Waals surface area contributed by atoms with Gasteiger partial charge in [0.15, 0.2) is 5.75 Å². The predicted octanol–water partition coefficient (Wildman–Crippen LogP) is 4.49. The van der Waals surface area contributed by atoms with Crippen molar-refractivity contribution in [1.82, 2.24) is 5.32 Å². The first-order valence-electron chi connectivity index (χ1n) is 9.58. The van der Waals surface area contributed by atoms with Gasteiger partial charge in [0, 0.05) is 22.9 Å². The summed E-state index contributed by atoms with van der Waals surface area (Å²) in [7, 11) is 1.32. The first kappa shape index (κ1) is 22.4. The van der Waals surface area contributed by atoms with Crippen LogP contribution in [0.25, 0.3) is 0 Å². The van der Waals surface area contributed by atoms with Gasteiger partial charge in [-0.3, -0.25) is 19.7 Å². The van der Waals surface area contributed by atoms with Gasteiger partial charge in [-0.1, -0.05) is 12.1 Å². The zero-order valence-electron chi connectivity index (χ0n) is 17.3. The molecule has 0 fully saturated rings.